The Morgan fingerprint density at radius 1 is 1.69 bits per heavy atom. The lowest BCUT2D eigenvalue weighted by Gasteiger charge is -2.07. The van der Waals surface area contributed by atoms with Gasteiger partial charge in [-0.3, -0.25) is 0 Å². The lowest BCUT2D eigenvalue weighted by atomic mass is 10.3. The van der Waals surface area contributed by atoms with Gasteiger partial charge in [0.05, 0.1) is 6.54 Å². The predicted molar refractivity (Wildman–Crippen MR) is 54.1 cm³/mol. The zero-order valence-electron chi connectivity index (χ0n) is 8.38. The lowest BCUT2D eigenvalue weighted by molar-refractivity contribution is 0.680. The molecule has 1 rings (SSSR count). The number of aromatic nitrogens is 2. The predicted octanol–water partition coefficient (Wildman–Crippen LogP) is 1.82. The van der Waals surface area contributed by atoms with Crippen LogP contribution in [0, 0.1) is 0 Å². The van der Waals surface area contributed by atoms with Crippen LogP contribution in [0.25, 0.3) is 0 Å². The van der Waals surface area contributed by atoms with Crippen molar-refractivity contribution in [1.29, 1.82) is 0 Å². The Balaban J connectivity index is 2.35. The molecule has 3 nitrogen and oxygen atoms in total. The minimum Gasteiger partial charge on any atom is -0.382 e. The van der Waals surface area contributed by atoms with Crippen LogP contribution in [-0.4, -0.2) is 9.55 Å². The molecule has 0 aliphatic rings. The Labute approximate surface area is 79.5 Å². The van der Waals surface area contributed by atoms with E-state index >= 15 is 0 Å². The van der Waals surface area contributed by atoms with E-state index in [1.54, 1.807) is 6.20 Å². The molecule has 1 aromatic rings. The monoisotopic (exact) mass is 179 g/mol. The molecule has 0 spiro atoms. The molecule has 1 N–H and O–H groups in total. The topological polar surface area (TPSA) is 29.9 Å². The molecule has 0 radical (unpaired) electrons. The third-order valence-electron chi connectivity index (χ3n) is 1.97. The molecule has 0 aliphatic heterocycles. The van der Waals surface area contributed by atoms with Crippen molar-refractivity contribution in [3.63, 3.8) is 0 Å². The molecule has 0 atom stereocenters. The average Bonchev–Trinajstić information content (AvgIpc) is 2.48. The summed E-state index contributed by atoms with van der Waals surface area (Å²) < 4.78 is 2.01. The number of nitrogens with one attached hydrogen (secondary N) is 1. The molecule has 0 amide bonds. The third kappa shape index (κ3) is 2.93. The number of nitrogens with zero attached hydrogens (tertiary/aromatic N) is 2. The minimum atomic E-state index is 0.766. The van der Waals surface area contributed by atoms with Gasteiger partial charge in [-0.1, -0.05) is 19.9 Å². The zero-order chi connectivity index (χ0) is 9.68. The number of rotatable bonds is 5. The van der Waals surface area contributed by atoms with Crippen molar-refractivity contribution < 1.29 is 0 Å². The molecule has 0 fully saturated rings. The van der Waals surface area contributed by atoms with Gasteiger partial charge in [0.15, 0.2) is 0 Å². The van der Waals surface area contributed by atoms with E-state index in [0.717, 1.165) is 30.9 Å². The Kier molecular flexibility index (Phi) is 3.55. The molecule has 72 valence electrons. The number of aryl methyl sites for hydroxylation is 1. The highest BCUT2D eigenvalue weighted by Crippen LogP contribution is 1.99. The van der Waals surface area contributed by atoms with Crippen molar-refractivity contribution in [2.24, 2.45) is 7.05 Å². The van der Waals surface area contributed by atoms with Gasteiger partial charge in [0.2, 0.25) is 0 Å². The van der Waals surface area contributed by atoms with E-state index in [-0.39, 0.29) is 0 Å². The van der Waals surface area contributed by atoms with Gasteiger partial charge in [0.25, 0.3) is 0 Å². The molecule has 0 bridgehead atoms. The molecular weight excluding hydrogens is 162 g/mol. The molecule has 0 aromatic carbocycles. The first kappa shape index (κ1) is 9.84. The molecule has 3 heteroatoms. The second kappa shape index (κ2) is 4.70. The van der Waals surface area contributed by atoms with Crippen molar-refractivity contribution in [1.82, 2.24) is 14.9 Å². The second-order valence-electron chi connectivity index (χ2n) is 3.16. The van der Waals surface area contributed by atoms with Crippen molar-refractivity contribution in [2.45, 2.75) is 26.3 Å². The quantitative estimate of drug-likeness (QED) is 0.747. The van der Waals surface area contributed by atoms with Gasteiger partial charge in [-0.25, -0.2) is 4.98 Å². The maximum absolute atomic E-state index is 4.21. The normalized spacial score (nSPS) is 10.0. The summed E-state index contributed by atoms with van der Waals surface area (Å²) >= 11 is 0. The summed E-state index contributed by atoms with van der Waals surface area (Å²) in [6.07, 6.45) is 5.91. The van der Waals surface area contributed by atoms with Crippen LogP contribution in [0.3, 0.4) is 0 Å². The van der Waals surface area contributed by atoms with Gasteiger partial charge in [-0.05, 0) is 6.42 Å². The fraction of sp³-hybridized carbons (Fsp3) is 0.500. The summed E-state index contributed by atoms with van der Waals surface area (Å²) in [6.45, 7) is 6.84. The number of hydrogen-bond acceptors (Lipinski definition) is 2. The number of hydrogen-bond donors (Lipinski definition) is 1. The van der Waals surface area contributed by atoms with Crippen molar-refractivity contribution >= 4 is 0 Å². The highest BCUT2D eigenvalue weighted by molar-refractivity contribution is 4.96. The van der Waals surface area contributed by atoms with Crippen LogP contribution in [0.4, 0.5) is 0 Å². The fourth-order valence-corrected chi connectivity index (χ4v) is 1.16. The summed E-state index contributed by atoms with van der Waals surface area (Å²) in [5.41, 5.74) is 1.09. The Bertz CT molecular complexity index is 275. The van der Waals surface area contributed by atoms with E-state index in [1.807, 2.05) is 17.8 Å². The second-order valence-corrected chi connectivity index (χ2v) is 3.16. The molecule has 0 saturated carbocycles. The molecule has 0 unspecified atom stereocenters. The summed E-state index contributed by atoms with van der Waals surface area (Å²) in [5.74, 6) is 1.04. The van der Waals surface area contributed by atoms with E-state index in [0.29, 0.717) is 0 Å². The standard InChI is InChI=1S/C10H17N3/c1-4-5-9(2)12-8-10-11-6-7-13(10)3/h6-7,12H,2,4-5,8H2,1,3H3. The van der Waals surface area contributed by atoms with Gasteiger partial charge >= 0.3 is 0 Å². The first-order valence-corrected chi connectivity index (χ1v) is 4.62. The first-order valence-electron chi connectivity index (χ1n) is 4.62. The Hall–Kier alpha value is -1.25. The number of imidazole rings is 1. The maximum Gasteiger partial charge on any atom is 0.127 e. The van der Waals surface area contributed by atoms with Crippen LogP contribution in [0.2, 0.25) is 0 Å². The van der Waals surface area contributed by atoms with Crippen LogP contribution < -0.4 is 5.32 Å². The largest absolute Gasteiger partial charge is 0.382 e. The van der Waals surface area contributed by atoms with Crippen LogP contribution >= 0.6 is 0 Å². The first-order chi connectivity index (χ1) is 6.24. The van der Waals surface area contributed by atoms with Gasteiger partial charge < -0.3 is 9.88 Å². The summed E-state index contributed by atoms with van der Waals surface area (Å²) in [6, 6.07) is 0. The van der Waals surface area contributed by atoms with Crippen molar-refractivity contribution in [3.05, 3.63) is 30.5 Å². The molecular formula is C10H17N3. The van der Waals surface area contributed by atoms with E-state index in [4.69, 9.17) is 0 Å². The van der Waals surface area contributed by atoms with E-state index < -0.39 is 0 Å². The third-order valence-corrected chi connectivity index (χ3v) is 1.97. The van der Waals surface area contributed by atoms with Crippen LogP contribution in [0.1, 0.15) is 25.6 Å². The molecule has 0 aliphatic carbocycles. The van der Waals surface area contributed by atoms with Crippen molar-refractivity contribution in [2.75, 3.05) is 0 Å². The SMILES string of the molecule is C=C(CCC)NCc1nccn1C. The van der Waals surface area contributed by atoms with Gasteiger partial charge in [0.1, 0.15) is 5.82 Å². The van der Waals surface area contributed by atoms with E-state index in [9.17, 15) is 0 Å². The highest BCUT2D eigenvalue weighted by Gasteiger charge is 1.98. The number of allylic oxidation sites excluding steroid dienone is 1. The minimum absolute atomic E-state index is 0.766. The summed E-state index contributed by atoms with van der Waals surface area (Å²) in [5, 5.41) is 3.25. The Morgan fingerprint density at radius 2 is 2.46 bits per heavy atom. The molecule has 0 saturated heterocycles. The fourth-order valence-electron chi connectivity index (χ4n) is 1.16. The van der Waals surface area contributed by atoms with Crippen molar-refractivity contribution in [3.8, 4) is 0 Å². The molecule has 1 aromatic heterocycles. The summed E-state index contributed by atoms with van der Waals surface area (Å²) in [7, 11) is 1.99. The maximum atomic E-state index is 4.21. The summed E-state index contributed by atoms with van der Waals surface area (Å²) in [4.78, 5) is 4.21. The van der Waals surface area contributed by atoms with Gasteiger partial charge in [0, 0.05) is 25.1 Å². The zero-order valence-corrected chi connectivity index (χ0v) is 8.38. The molecule has 13 heavy (non-hydrogen) atoms. The highest BCUT2D eigenvalue weighted by atomic mass is 15.1. The smallest absolute Gasteiger partial charge is 0.127 e. The van der Waals surface area contributed by atoms with Crippen LogP contribution in [0.15, 0.2) is 24.7 Å². The van der Waals surface area contributed by atoms with Gasteiger partial charge in [-0.2, -0.15) is 0 Å². The van der Waals surface area contributed by atoms with Crippen LogP contribution in [-0.2, 0) is 13.6 Å². The average molecular weight is 179 g/mol. The Morgan fingerprint density at radius 3 is 3.00 bits per heavy atom. The molecule has 1 heterocycles. The van der Waals surface area contributed by atoms with E-state index in [1.165, 1.54) is 0 Å². The van der Waals surface area contributed by atoms with Crippen LogP contribution in [0.5, 0.6) is 0 Å². The van der Waals surface area contributed by atoms with E-state index in [2.05, 4.69) is 23.8 Å². The lowest BCUT2D eigenvalue weighted by Crippen LogP contribution is -2.14. The van der Waals surface area contributed by atoms with Gasteiger partial charge in [-0.15, -0.1) is 0 Å².